The maximum atomic E-state index is 10.8. The molecule has 4 nitrogen and oxygen atoms in total. The zero-order valence-corrected chi connectivity index (χ0v) is 7.93. The molecule has 2 rings (SSSR count). The summed E-state index contributed by atoms with van der Waals surface area (Å²) in [7, 11) is 0. The summed E-state index contributed by atoms with van der Waals surface area (Å²) in [6.07, 6.45) is 2.10. The minimum absolute atomic E-state index is 0.00403. The first-order valence-electron chi connectivity index (χ1n) is 4.65. The minimum atomic E-state index is -1.10. The average molecular weight is 203 g/mol. The van der Waals surface area contributed by atoms with Crippen LogP contribution in [0.15, 0.2) is 18.2 Å². The van der Waals surface area contributed by atoms with Crippen LogP contribution in [-0.4, -0.2) is 17.2 Å². The van der Waals surface area contributed by atoms with Gasteiger partial charge in [0.1, 0.15) is 17.4 Å². The number of nitriles is 1. The van der Waals surface area contributed by atoms with Gasteiger partial charge in [-0.1, -0.05) is 6.07 Å². The Morgan fingerprint density at radius 3 is 2.80 bits per heavy atom. The van der Waals surface area contributed by atoms with Crippen LogP contribution in [0.2, 0.25) is 0 Å². The lowest BCUT2D eigenvalue weighted by molar-refractivity contribution is 0.0696. The highest BCUT2D eigenvalue weighted by atomic mass is 16.5. The average Bonchev–Trinajstić information content (AvgIpc) is 3.01. The van der Waals surface area contributed by atoms with E-state index in [1.165, 1.54) is 6.07 Å². The van der Waals surface area contributed by atoms with E-state index in [4.69, 9.17) is 15.1 Å². The first kappa shape index (κ1) is 9.53. The van der Waals surface area contributed by atoms with Crippen LogP contribution in [0.25, 0.3) is 0 Å². The van der Waals surface area contributed by atoms with Crippen LogP contribution in [0.3, 0.4) is 0 Å². The summed E-state index contributed by atoms with van der Waals surface area (Å²) >= 11 is 0. The molecule has 1 aromatic carbocycles. The number of carboxylic acids is 1. The van der Waals surface area contributed by atoms with E-state index in [-0.39, 0.29) is 17.2 Å². The number of nitrogens with zero attached hydrogens (tertiary/aromatic N) is 1. The zero-order chi connectivity index (χ0) is 10.8. The van der Waals surface area contributed by atoms with E-state index in [1.807, 2.05) is 6.07 Å². The monoisotopic (exact) mass is 203 g/mol. The Bertz CT molecular complexity index is 444. The van der Waals surface area contributed by atoms with E-state index in [1.54, 1.807) is 12.1 Å². The van der Waals surface area contributed by atoms with Crippen molar-refractivity contribution in [1.29, 1.82) is 5.26 Å². The van der Waals surface area contributed by atoms with Crippen LogP contribution in [0.1, 0.15) is 28.8 Å². The van der Waals surface area contributed by atoms with Crippen LogP contribution >= 0.6 is 0 Å². The molecular formula is C11H9NO3. The molecule has 0 amide bonds. The Kier molecular flexibility index (Phi) is 2.30. The molecule has 0 heterocycles. The molecule has 1 N–H and O–H groups in total. The fourth-order valence-corrected chi connectivity index (χ4v) is 1.29. The molecule has 0 aromatic heterocycles. The SMILES string of the molecule is N#Cc1c(OC2CC2)cccc1C(=O)O. The van der Waals surface area contributed by atoms with Crippen molar-refractivity contribution >= 4 is 5.97 Å². The molecule has 1 aromatic rings. The summed E-state index contributed by atoms with van der Waals surface area (Å²) in [5.74, 6) is -0.729. The molecule has 0 bridgehead atoms. The van der Waals surface area contributed by atoms with E-state index >= 15 is 0 Å². The highest BCUT2D eigenvalue weighted by molar-refractivity contribution is 5.91. The third-order valence-electron chi connectivity index (χ3n) is 2.19. The van der Waals surface area contributed by atoms with E-state index < -0.39 is 5.97 Å². The second kappa shape index (κ2) is 3.62. The van der Waals surface area contributed by atoms with Crippen molar-refractivity contribution in [2.24, 2.45) is 0 Å². The molecule has 0 radical (unpaired) electrons. The lowest BCUT2D eigenvalue weighted by atomic mass is 10.1. The summed E-state index contributed by atoms with van der Waals surface area (Å²) in [5.41, 5.74) is 0.104. The second-order valence-corrected chi connectivity index (χ2v) is 3.41. The highest BCUT2D eigenvalue weighted by Gasteiger charge is 2.25. The molecule has 0 unspecified atom stereocenters. The quantitative estimate of drug-likeness (QED) is 0.813. The molecule has 0 spiro atoms. The summed E-state index contributed by atoms with van der Waals surface area (Å²) < 4.78 is 5.45. The maximum absolute atomic E-state index is 10.8. The second-order valence-electron chi connectivity index (χ2n) is 3.41. The third-order valence-corrected chi connectivity index (χ3v) is 2.19. The smallest absolute Gasteiger partial charge is 0.337 e. The van der Waals surface area contributed by atoms with Crippen molar-refractivity contribution < 1.29 is 14.6 Å². The molecule has 0 aliphatic heterocycles. The first-order chi connectivity index (χ1) is 7.22. The van der Waals surface area contributed by atoms with Gasteiger partial charge in [-0.15, -0.1) is 0 Å². The number of carboxylic acid groups (broad SMARTS) is 1. The summed E-state index contributed by atoms with van der Waals surface area (Å²) in [5, 5.41) is 17.8. The third kappa shape index (κ3) is 1.91. The number of hydrogen-bond acceptors (Lipinski definition) is 3. The van der Waals surface area contributed by atoms with Gasteiger partial charge in [0.05, 0.1) is 11.7 Å². The van der Waals surface area contributed by atoms with Crippen LogP contribution < -0.4 is 4.74 Å². The van der Waals surface area contributed by atoms with Crippen LogP contribution in [0.5, 0.6) is 5.75 Å². The first-order valence-corrected chi connectivity index (χ1v) is 4.65. The number of rotatable bonds is 3. The zero-order valence-electron chi connectivity index (χ0n) is 7.93. The number of ether oxygens (including phenoxy) is 1. The van der Waals surface area contributed by atoms with Gasteiger partial charge in [0, 0.05) is 0 Å². The van der Waals surface area contributed by atoms with Crippen molar-refractivity contribution in [3.05, 3.63) is 29.3 Å². The number of aromatic carboxylic acids is 1. The molecule has 76 valence electrons. The van der Waals surface area contributed by atoms with Crippen LogP contribution in [-0.2, 0) is 0 Å². The standard InChI is InChI=1S/C11H9NO3/c12-6-9-8(11(13)14)2-1-3-10(9)15-7-4-5-7/h1-3,7H,4-5H2,(H,13,14). The predicted octanol–water partition coefficient (Wildman–Crippen LogP) is 1.80. The van der Waals surface area contributed by atoms with Gasteiger partial charge in [0.2, 0.25) is 0 Å². The molecule has 1 fully saturated rings. The Morgan fingerprint density at radius 2 is 2.27 bits per heavy atom. The van der Waals surface area contributed by atoms with Crippen molar-refractivity contribution in [1.82, 2.24) is 0 Å². The predicted molar refractivity (Wildman–Crippen MR) is 51.8 cm³/mol. The molecule has 0 saturated heterocycles. The van der Waals surface area contributed by atoms with E-state index in [9.17, 15) is 4.79 Å². The molecule has 1 saturated carbocycles. The van der Waals surface area contributed by atoms with Gasteiger partial charge >= 0.3 is 5.97 Å². The maximum Gasteiger partial charge on any atom is 0.337 e. The van der Waals surface area contributed by atoms with Gasteiger partial charge in [-0.2, -0.15) is 5.26 Å². The highest BCUT2D eigenvalue weighted by Crippen LogP contribution is 2.30. The minimum Gasteiger partial charge on any atom is -0.489 e. The summed E-state index contributed by atoms with van der Waals surface area (Å²) in [6, 6.07) is 6.49. The lowest BCUT2D eigenvalue weighted by Crippen LogP contribution is -2.04. The van der Waals surface area contributed by atoms with Gasteiger partial charge in [0.15, 0.2) is 0 Å². The van der Waals surface area contributed by atoms with Gasteiger partial charge in [-0.3, -0.25) is 0 Å². The van der Waals surface area contributed by atoms with Crippen LogP contribution in [0, 0.1) is 11.3 Å². The van der Waals surface area contributed by atoms with E-state index in [0.717, 1.165) is 12.8 Å². The Morgan fingerprint density at radius 1 is 1.53 bits per heavy atom. The van der Waals surface area contributed by atoms with Gasteiger partial charge in [-0.05, 0) is 25.0 Å². The molecule has 0 atom stereocenters. The number of carbonyl (C=O) groups is 1. The Hall–Kier alpha value is -2.02. The van der Waals surface area contributed by atoms with E-state index in [2.05, 4.69) is 0 Å². The molecule has 1 aliphatic rings. The molecule has 4 heteroatoms. The van der Waals surface area contributed by atoms with E-state index in [0.29, 0.717) is 5.75 Å². The van der Waals surface area contributed by atoms with Gasteiger partial charge in [-0.25, -0.2) is 4.79 Å². The molecule has 1 aliphatic carbocycles. The lowest BCUT2D eigenvalue weighted by Gasteiger charge is -2.07. The number of benzene rings is 1. The fraction of sp³-hybridized carbons (Fsp3) is 0.273. The van der Waals surface area contributed by atoms with Gasteiger partial charge in [0.25, 0.3) is 0 Å². The summed E-state index contributed by atoms with van der Waals surface area (Å²) in [6.45, 7) is 0. The normalized spacial score (nSPS) is 14.3. The van der Waals surface area contributed by atoms with Crippen molar-refractivity contribution in [2.45, 2.75) is 18.9 Å². The Balaban J connectivity index is 2.40. The summed E-state index contributed by atoms with van der Waals surface area (Å²) in [4.78, 5) is 10.8. The number of hydrogen-bond donors (Lipinski definition) is 1. The van der Waals surface area contributed by atoms with Crippen molar-refractivity contribution in [2.75, 3.05) is 0 Å². The largest absolute Gasteiger partial charge is 0.489 e. The fourth-order valence-electron chi connectivity index (χ4n) is 1.29. The van der Waals surface area contributed by atoms with Gasteiger partial charge < -0.3 is 9.84 Å². The van der Waals surface area contributed by atoms with Crippen molar-refractivity contribution in [3.63, 3.8) is 0 Å². The van der Waals surface area contributed by atoms with Crippen LogP contribution in [0.4, 0.5) is 0 Å². The Labute approximate surface area is 86.7 Å². The van der Waals surface area contributed by atoms with Crippen molar-refractivity contribution in [3.8, 4) is 11.8 Å². The molecule has 15 heavy (non-hydrogen) atoms. The molecular weight excluding hydrogens is 194 g/mol. The topological polar surface area (TPSA) is 70.3 Å².